The van der Waals surface area contributed by atoms with Crippen LogP contribution in [0, 0.1) is 13.8 Å². The maximum atomic E-state index is 5.74. The fraction of sp³-hybridized carbons (Fsp3) is 0.105. The first kappa shape index (κ1) is 15.0. The summed E-state index contributed by atoms with van der Waals surface area (Å²) in [7, 11) is 0. The largest absolute Gasteiger partial charge is 0.448 e. The van der Waals surface area contributed by atoms with Crippen LogP contribution in [0.3, 0.4) is 0 Å². The van der Waals surface area contributed by atoms with Gasteiger partial charge in [-0.15, -0.1) is 0 Å². The zero-order valence-electron chi connectivity index (χ0n) is 13.4. The molecule has 0 saturated heterocycles. The molecular weight excluding hydrogens is 366 g/mol. The number of furan rings is 1. The number of hydrogen-bond donors (Lipinski definition) is 1. The van der Waals surface area contributed by atoms with E-state index in [2.05, 4.69) is 63.9 Å². The van der Waals surface area contributed by atoms with Gasteiger partial charge >= 0.3 is 0 Å². The van der Waals surface area contributed by atoms with Gasteiger partial charge in [0, 0.05) is 11.9 Å². The van der Waals surface area contributed by atoms with E-state index in [0.29, 0.717) is 4.67 Å². The molecule has 0 aliphatic heterocycles. The molecule has 0 amide bonds. The van der Waals surface area contributed by atoms with Crippen molar-refractivity contribution in [2.24, 2.45) is 0 Å². The summed E-state index contributed by atoms with van der Waals surface area (Å²) < 4.78 is 8.49. The molecule has 4 rings (SSSR count). The second kappa shape index (κ2) is 5.83. The minimum absolute atomic E-state index is 0.688. The first-order chi connectivity index (χ1) is 11.6. The van der Waals surface area contributed by atoms with Crippen LogP contribution in [-0.4, -0.2) is 9.38 Å². The van der Waals surface area contributed by atoms with Crippen LogP contribution in [0.4, 0.5) is 11.5 Å². The summed E-state index contributed by atoms with van der Waals surface area (Å²) in [5.74, 6) is 1.61. The first-order valence-corrected chi connectivity index (χ1v) is 8.48. The molecule has 0 unspecified atom stereocenters. The summed E-state index contributed by atoms with van der Waals surface area (Å²) in [6, 6.07) is 16.1. The van der Waals surface area contributed by atoms with Crippen molar-refractivity contribution in [3.63, 3.8) is 0 Å². The van der Waals surface area contributed by atoms with Crippen LogP contribution in [0.2, 0.25) is 0 Å². The van der Waals surface area contributed by atoms with Gasteiger partial charge in [-0.3, -0.25) is 4.40 Å². The highest BCUT2D eigenvalue weighted by Crippen LogP contribution is 2.34. The Kier molecular flexibility index (Phi) is 3.65. The first-order valence-electron chi connectivity index (χ1n) is 7.69. The molecule has 0 radical (unpaired) electrons. The smallest absolute Gasteiger partial charge is 0.169 e. The maximum Gasteiger partial charge on any atom is 0.169 e. The number of imidazole rings is 1. The van der Waals surface area contributed by atoms with Gasteiger partial charge in [0.05, 0.1) is 0 Å². The molecule has 5 heteroatoms. The molecule has 0 saturated carbocycles. The fourth-order valence-electron chi connectivity index (χ4n) is 2.72. The van der Waals surface area contributed by atoms with Gasteiger partial charge in [0.1, 0.15) is 17.2 Å². The number of fused-ring (bicyclic) bond motifs is 1. The van der Waals surface area contributed by atoms with Crippen molar-refractivity contribution in [2.75, 3.05) is 5.32 Å². The predicted octanol–water partition coefficient (Wildman–Crippen LogP) is 5.72. The van der Waals surface area contributed by atoms with Crippen molar-refractivity contribution >= 4 is 33.1 Å². The number of hydrogen-bond acceptors (Lipinski definition) is 3. The van der Waals surface area contributed by atoms with Crippen molar-refractivity contribution in [2.45, 2.75) is 13.8 Å². The Balaban J connectivity index is 1.93. The second-order valence-corrected chi connectivity index (χ2v) is 6.57. The number of aryl methyl sites for hydroxylation is 2. The lowest BCUT2D eigenvalue weighted by Crippen LogP contribution is -1.98. The lowest BCUT2D eigenvalue weighted by Gasteiger charge is -2.10. The molecule has 1 aromatic carbocycles. The number of nitrogens with zero attached hydrogens (tertiary/aromatic N) is 2. The minimum atomic E-state index is 0.688. The third kappa shape index (κ3) is 2.61. The SMILES string of the molecule is Cc1ccc2nc(-c3ccc(Br)o3)c(Nc3ccccc3C)n2c1. The molecule has 4 nitrogen and oxygen atoms in total. The number of para-hydroxylation sites is 1. The van der Waals surface area contributed by atoms with Crippen LogP contribution in [-0.2, 0) is 0 Å². The monoisotopic (exact) mass is 381 g/mol. The Labute approximate surface area is 148 Å². The molecule has 0 aliphatic rings. The van der Waals surface area contributed by atoms with Crippen LogP contribution in [0.25, 0.3) is 17.1 Å². The van der Waals surface area contributed by atoms with Crippen LogP contribution in [0.15, 0.2) is 63.8 Å². The Morgan fingerprint density at radius 2 is 1.88 bits per heavy atom. The Hall–Kier alpha value is -2.53. The van der Waals surface area contributed by atoms with E-state index in [-0.39, 0.29) is 0 Å². The van der Waals surface area contributed by atoms with Crippen LogP contribution in [0.1, 0.15) is 11.1 Å². The molecule has 3 aromatic heterocycles. The lowest BCUT2D eigenvalue weighted by molar-refractivity contribution is 0.554. The van der Waals surface area contributed by atoms with E-state index in [4.69, 9.17) is 9.40 Å². The quantitative estimate of drug-likeness (QED) is 0.493. The Morgan fingerprint density at radius 3 is 2.62 bits per heavy atom. The van der Waals surface area contributed by atoms with E-state index in [1.54, 1.807) is 0 Å². The molecule has 24 heavy (non-hydrogen) atoms. The van der Waals surface area contributed by atoms with E-state index in [9.17, 15) is 0 Å². The average molecular weight is 382 g/mol. The van der Waals surface area contributed by atoms with Gasteiger partial charge in [-0.2, -0.15) is 0 Å². The topological polar surface area (TPSA) is 42.5 Å². The standard InChI is InChI=1S/C19H16BrN3O/c1-12-7-10-17-22-18(15-8-9-16(20)24-15)19(23(17)11-12)21-14-6-4-3-5-13(14)2/h3-11,21H,1-2H3. The summed E-state index contributed by atoms with van der Waals surface area (Å²) in [5.41, 5.74) is 5.05. The van der Waals surface area contributed by atoms with E-state index < -0.39 is 0 Å². The summed E-state index contributed by atoms with van der Waals surface area (Å²) >= 11 is 3.37. The Bertz CT molecular complexity index is 1030. The van der Waals surface area contributed by atoms with Crippen molar-refractivity contribution in [1.82, 2.24) is 9.38 Å². The highest BCUT2D eigenvalue weighted by molar-refractivity contribution is 9.10. The average Bonchev–Trinajstić information content (AvgIpc) is 3.14. The number of halogens is 1. The molecule has 0 fully saturated rings. The number of pyridine rings is 1. The third-order valence-electron chi connectivity index (χ3n) is 3.97. The van der Waals surface area contributed by atoms with E-state index in [0.717, 1.165) is 28.6 Å². The highest BCUT2D eigenvalue weighted by atomic mass is 79.9. The molecular formula is C19H16BrN3O. The zero-order valence-corrected chi connectivity index (χ0v) is 15.0. The summed E-state index contributed by atoms with van der Waals surface area (Å²) in [6.45, 7) is 4.15. The summed E-state index contributed by atoms with van der Waals surface area (Å²) in [6.07, 6.45) is 2.07. The predicted molar refractivity (Wildman–Crippen MR) is 99.8 cm³/mol. The summed E-state index contributed by atoms with van der Waals surface area (Å²) in [4.78, 5) is 4.75. The number of benzene rings is 1. The molecule has 4 aromatic rings. The van der Waals surface area contributed by atoms with Crippen molar-refractivity contribution in [1.29, 1.82) is 0 Å². The van der Waals surface area contributed by atoms with Gasteiger partial charge < -0.3 is 9.73 Å². The maximum absolute atomic E-state index is 5.74. The van der Waals surface area contributed by atoms with Gasteiger partial charge in [0.25, 0.3) is 0 Å². The van der Waals surface area contributed by atoms with Gasteiger partial charge in [0.2, 0.25) is 0 Å². The second-order valence-electron chi connectivity index (χ2n) is 5.79. The molecule has 1 N–H and O–H groups in total. The molecule has 0 spiro atoms. The molecule has 0 aliphatic carbocycles. The highest BCUT2D eigenvalue weighted by Gasteiger charge is 2.17. The fourth-order valence-corrected chi connectivity index (χ4v) is 3.03. The van der Waals surface area contributed by atoms with Crippen molar-refractivity contribution in [3.05, 3.63) is 70.5 Å². The normalized spacial score (nSPS) is 11.1. The minimum Gasteiger partial charge on any atom is -0.448 e. The van der Waals surface area contributed by atoms with Gasteiger partial charge in [-0.25, -0.2) is 4.98 Å². The molecule has 120 valence electrons. The zero-order chi connectivity index (χ0) is 16.7. The van der Waals surface area contributed by atoms with Gasteiger partial charge in [-0.1, -0.05) is 24.3 Å². The van der Waals surface area contributed by atoms with Crippen molar-refractivity contribution < 1.29 is 4.42 Å². The molecule has 0 bridgehead atoms. The van der Waals surface area contributed by atoms with Gasteiger partial charge in [0.15, 0.2) is 10.4 Å². The van der Waals surface area contributed by atoms with Gasteiger partial charge in [-0.05, 0) is 65.2 Å². The molecule has 3 heterocycles. The lowest BCUT2D eigenvalue weighted by atomic mass is 10.2. The number of aromatic nitrogens is 2. The number of nitrogens with one attached hydrogen (secondary N) is 1. The molecule has 0 atom stereocenters. The number of rotatable bonds is 3. The Morgan fingerprint density at radius 1 is 1.04 bits per heavy atom. The third-order valence-corrected chi connectivity index (χ3v) is 4.40. The van der Waals surface area contributed by atoms with E-state index in [1.165, 1.54) is 11.1 Å². The van der Waals surface area contributed by atoms with Crippen LogP contribution < -0.4 is 5.32 Å². The van der Waals surface area contributed by atoms with E-state index in [1.807, 2.05) is 30.3 Å². The van der Waals surface area contributed by atoms with Crippen molar-refractivity contribution in [3.8, 4) is 11.5 Å². The van der Waals surface area contributed by atoms with Crippen LogP contribution in [0.5, 0.6) is 0 Å². The van der Waals surface area contributed by atoms with E-state index >= 15 is 0 Å². The summed E-state index contributed by atoms with van der Waals surface area (Å²) in [5, 5.41) is 3.52. The van der Waals surface area contributed by atoms with Crippen LogP contribution >= 0.6 is 15.9 Å². The number of anilines is 2.